The molecule has 230 valence electrons. The third kappa shape index (κ3) is 3.31. The molecule has 2 aromatic rings. The first-order valence-electron chi connectivity index (χ1n) is 16.1. The van der Waals surface area contributed by atoms with Crippen LogP contribution in [0.1, 0.15) is 64.5 Å². The van der Waals surface area contributed by atoms with Gasteiger partial charge in [0.05, 0.1) is 10.8 Å². The van der Waals surface area contributed by atoms with Crippen molar-refractivity contribution < 1.29 is 19.2 Å². The smallest absolute Gasteiger partial charge is 0.247 e. The van der Waals surface area contributed by atoms with Crippen molar-refractivity contribution in [1.82, 2.24) is 20.4 Å². The molecule has 0 aromatic heterocycles. The first-order chi connectivity index (χ1) is 21.1. The second kappa shape index (κ2) is 9.22. The highest BCUT2D eigenvalue weighted by atomic mass is 16.2. The van der Waals surface area contributed by atoms with Crippen LogP contribution in [0.5, 0.6) is 0 Å². The fraction of sp³-hybridized carbons (Fsp3) is 0.529. The summed E-state index contributed by atoms with van der Waals surface area (Å²) in [5.41, 5.74) is 2.29. The van der Waals surface area contributed by atoms with Crippen molar-refractivity contribution in [2.45, 2.75) is 101 Å². The zero-order valence-electron chi connectivity index (χ0n) is 25.6. The zero-order chi connectivity index (χ0) is 30.7. The molecule has 6 aliphatic rings. The minimum absolute atomic E-state index is 0.0794. The highest BCUT2D eigenvalue weighted by molar-refractivity contribution is 6.01. The van der Waals surface area contributed by atoms with Gasteiger partial charge in [0.2, 0.25) is 23.6 Å². The van der Waals surface area contributed by atoms with Crippen LogP contribution in [0.15, 0.2) is 48.5 Å². The maximum atomic E-state index is 14.3. The number of hydrogen-bond acceptors (Lipinski definition) is 6. The number of para-hydroxylation sites is 2. The normalized spacial score (nSPS) is 36.2. The van der Waals surface area contributed by atoms with Crippen molar-refractivity contribution in [3.63, 3.8) is 0 Å². The van der Waals surface area contributed by atoms with Gasteiger partial charge in [-0.25, -0.2) is 0 Å². The molecule has 0 saturated carbocycles. The van der Waals surface area contributed by atoms with Gasteiger partial charge in [-0.05, 0) is 60.8 Å². The molecule has 44 heavy (non-hydrogen) atoms. The van der Waals surface area contributed by atoms with Gasteiger partial charge in [-0.2, -0.15) is 0 Å². The Bertz CT molecular complexity index is 1490. The first-order valence-corrected chi connectivity index (χ1v) is 16.1. The van der Waals surface area contributed by atoms with E-state index in [1.165, 1.54) is 0 Å². The van der Waals surface area contributed by atoms with Gasteiger partial charge in [-0.15, -0.1) is 0 Å². The number of benzene rings is 2. The molecule has 0 bridgehead atoms. The van der Waals surface area contributed by atoms with Gasteiger partial charge in [-0.1, -0.05) is 64.1 Å². The van der Waals surface area contributed by atoms with Crippen LogP contribution in [0.4, 0.5) is 11.4 Å². The molecule has 6 aliphatic heterocycles. The Kier molecular flexibility index (Phi) is 5.75. The summed E-state index contributed by atoms with van der Waals surface area (Å²) in [4.78, 5) is 60.0. The fourth-order valence-corrected chi connectivity index (χ4v) is 9.67. The molecule has 8 atom stereocenters. The van der Waals surface area contributed by atoms with Gasteiger partial charge in [0.25, 0.3) is 0 Å². The summed E-state index contributed by atoms with van der Waals surface area (Å²) in [5.74, 6) is 0.0113. The molecule has 4 N–H and O–H groups in total. The Hall–Kier alpha value is -4.08. The van der Waals surface area contributed by atoms with Crippen LogP contribution in [0.2, 0.25) is 0 Å². The summed E-state index contributed by atoms with van der Waals surface area (Å²) in [6.45, 7) is 8.21. The van der Waals surface area contributed by atoms with Crippen LogP contribution in [0.3, 0.4) is 0 Å². The maximum Gasteiger partial charge on any atom is 0.247 e. The van der Waals surface area contributed by atoms with Crippen LogP contribution in [-0.4, -0.2) is 69.9 Å². The van der Waals surface area contributed by atoms with Crippen LogP contribution in [0, 0.1) is 11.8 Å². The highest BCUT2D eigenvalue weighted by Crippen LogP contribution is 2.68. The van der Waals surface area contributed by atoms with Crippen molar-refractivity contribution in [3.8, 4) is 0 Å². The number of piperazine rings is 2. The van der Waals surface area contributed by atoms with E-state index in [-0.39, 0.29) is 35.5 Å². The van der Waals surface area contributed by atoms with E-state index >= 15 is 0 Å². The number of anilines is 2. The molecule has 0 radical (unpaired) electrons. The quantitative estimate of drug-likeness (QED) is 0.421. The van der Waals surface area contributed by atoms with Crippen molar-refractivity contribution in [2.24, 2.45) is 11.8 Å². The lowest BCUT2D eigenvalue weighted by Gasteiger charge is -2.48. The van der Waals surface area contributed by atoms with Crippen LogP contribution in [-0.2, 0) is 30.0 Å². The lowest BCUT2D eigenvalue weighted by atomic mass is 9.54. The van der Waals surface area contributed by atoms with E-state index in [9.17, 15) is 19.2 Å². The number of hydrogen-bond donors (Lipinski definition) is 4. The van der Waals surface area contributed by atoms with Crippen molar-refractivity contribution in [3.05, 3.63) is 59.7 Å². The number of fused-ring (bicyclic) bond motifs is 11. The Labute approximate surface area is 257 Å². The standard InChI is InChI=1S/C34H40N6O4/c1-17(2)13-23-29(43)39-25(27(41)35-23)15-33(19-9-5-7-11-21(19)37-31(33)39)34-16-26-28(42)36-24(14-18(3)4)30(44)40(26)32(34)38-22-12-8-6-10-20(22)34/h5-12,17-18,23-26,31-32,37-38H,13-16H2,1-4H3,(H,35,41)(H,36,42)/t23-,24-,25+,26+,31-,32-,33+,34?/m1/s1. The Morgan fingerprint density at radius 1 is 0.636 bits per heavy atom. The van der Waals surface area contributed by atoms with E-state index in [4.69, 9.17) is 0 Å². The Balaban J connectivity index is 1.35. The summed E-state index contributed by atoms with van der Waals surface area (Å²) >= 11 is 0. The van der Waals surface area contributed by atoms with Crippen LogP contribution in [0.25, 0.3) is 0 Å². The number of amides is 4. The molecule has 4 fully saturated rings. The highest BCUT2D eigenvalue weighted by Gasteiger charge is 2.78. The lowest BCUT2D eigenvalue weighted by molar-refractivity contribution is -0.149. The topological polar surface area (TPSA) is 123 Å². The van der Waals surface area contributed by atoms with Gasteiger partial charge < -0.3 is 31.1 Å². The summed E-state index contributed by atoms with van der Waals surface area (Å²) in [5, 5.41) is 13.5. The van der Waals surface area contributed by atoms with Gasteiger partial charge >= 0.3 is 0 Å². The zero-order valence-corrected chi connectivity index (χ0v) is 25.6. The van der Waals surface area contributed by atoms with Crippen LogP contribution >= 0.6 is 0 Å². The summed E-state index contributed by atoms with van der Waals surface area (Å²) < 4.78 is 0. The molecular weight excluding hydrogens is 556 g/mol. The molecule has 0 aliphatic carbocycles. The largest absolute Gasteiger partial charge is 0.364 e. The molecule has 10 heteroatoms. The third-order valence-electron chi connectivity index (χ3n) is 11.1. The van der Waals surface area contributed by atoms with E-state index in [0.717, 1.165) is 22.5 Å². The molecule has 8 rings (SSSR count). The fourth-order valence-electron chi connectivity index (χ4n) is 9.67. The molecule has 10 nitrogen and oxygen atoms in total. The Morgan fingerprint density at radius 3 is 1.41 bits per heavy atom. The molecule has 4 saturated heterocycles. The Morgan fingerprint density at radius 2 is 1.02 bits per heavy atom. The second-order valence-corrected chi connectivity index (χ2v) is 14.4. The van der Waals surface area contributed by atoms with Gasteiger partial charge in [-0.3, -0.25) is 19.2 Å². The molecule has 2 aromatic carbocycles. The van der Waals surface area contributed by atoms with Crippen LogP contribution < -0.4 is 21.3 Å². The van der Waals surface area contributed by atoms with Crippen molar-refractivity contribution in [2.75, 3.05) is 10.6 Å². The molecule has 6 heterocycles. The van der Waals surface area contributed by atoms with E-state index in [1.54, 1.807) is 9.80 Å². The predicted molar refractivity (Wildman–Crippen MR) is 164 cm³/mol. The SMILES string of the molecule is CC(C)C[C@H]1NC(=O)[C@@H]2CC3([C@]45C[C@H]6C(=O)N[C@H](CC(C)C)C(=O)N6[C@H]4Nc4ccccc45)c4ccccc4N[C@@H]3N2C1=O. The van der Waals surface area contributed by atoms with Gasteiger partial charge in [0.1, 0.15) is 36.5 Å². The number of nitrogens with zero attached hydrogens (tertiary/aromatic N) is 2. The lowest BCUT2D eigenvalue weighted by Crippen LogP contribution is -2.66. The number of carbonyl (C=O) groups excluding carboxylic acids is 4. The first kappa shape index (κ1) is 27.5. The van der Waals surface area contributed by atoms with Gasteiger partial charge in [0.15, 0.2) is 0 Å². The number of rotatable bonds is 5. The maximum absolute atomic E-state index is 14.3. The monoisotopic (exact) mass is 596 g/mol. The van der Waals surface area contributed by atoms with E-state index in [0.29, 0.717) is 25.7 Å². The van der Waals surface area contributed by atoms with Gasteiger partial charge in [0, 0.05) is 11.4 Å². The summed E-state index contributed by atoms with van der Waals surface area (Å²) in [7, 11) is 0. The third-order valence-corrected chi connectivity index (χ3v) is 11.1. The predicted octanol–water partition coefficient (Wildman–Crippen LogP) is 2.66. The average molecular weight is 597 g/mol. The van der Waals surface area contributed by atoms with E-state index < -0.39 is 47.3 Å². The molecular formula is C34H40N6O4. The van der Waals surface area contributed by atoms with Crippen molar-refractivity contribution >= 4 is 35.0 Å². The minimum atomic E-state index is -0.802. The number of carbonyl (C=O) groups is 4. The summed E-state index contributed by atoms with van der Waals surface area (Å²) in [6.07, 6.45) is 0.817. The number of nitrogens with one attached hydrogen (secondary N) is 4. The minimum Gasteiger partial charge on any atom is -0.364 e. The van der Waals surface area contributed by atoms with Crippen molar-refractivity contribution in [1.29, 1.82) is 0 Å². The van der Waals surface area contributed by atoms with E-state index in [1.807, 2.05) is 36.4 Å². The molecule has 0 spiro atoms. The molecule has 4 amide bonds. The second-order valence-electron chi connectivity index (χ2n) is 14.4. The molecule has 1 unspecified atom stereocenters. The van der Waals surface area contributed by atoms with E-state index in [2.05, 4.69) is 61.1 Å². The summed E-state index contributed by atoms with van der Waals surface area (Å²) in [6, 6.07) is 13.7. The average Bonchev–Trinajstić information content (AvgIpc) is 3.68.